The highest BCUT2D eigenvalue weighted by Crippen LogP contribution is 2.50. The molecule has 0 N–H and O–H groups in total. The number of alkyl halides is 1. The molecule has 0 radical (unpaired) electrons. The van der Waals surface area contributed by atoms with Gasteiger partial charge in [0, 0.05) is 0 Å². The Morgan fingerprint density at radius 2 is 1.95 bits per heavy atom. The zero-order chi connectivity index (χ0) is 15.7. The largest absolute Gasteiger partial charge is 0.466 e. The van der Waals surface area contributed by atoms with Gasteiger partial charge < -0.3 is 9.47 Å². The molecule has 0 spiro atoms. The average Bonchev–Trinajstić information content (AvgIpc) is 2.42. The summed E-state index contributed by atoms with van der Waals surface area (Å²) < 4.78 is 11.4. The summed E-state index contributed by atoms with van der Waals surface area (Å²) in [5.41, 5.74) is 0.423. The Labute approximate surface area is 131 Å². The molecule has 1 aromatic carbocycles. The van der Waals surface area contributed by atoms with E-state index in [0.29, 0.717) is 13.0 Å². The molecule has 0 bridgehead atoms. The van der Waals surface area contributed by atoms with Gasteiger partial charge in [0.25, 0.3) is 0 Å². The van der Waals surface area contributed by atoms with Gasteiger partial charge in [-0.05, 0) is 39.7 Å². The van der Waals surface area contributed by atoms with E-state index in [9.17, 15) is 4.79 Å². The number of esters is 1. The van der Waals surface area contributed by atoms with E-state index in [1.807, 2.05) is 51.1 Å². The van der Waals surface area contributed by atoms with Crippen LogP contribution in [0.5, 0.6) is 0 Å². The Hall–Kier alpha value is -1.06. The number of hydrogen-bond donors (Lipinski definition) is 0. The Kier molecular flexibility index (Phi) is 4.64. The SMILES string of the molecule is CCOC(=O)[C@H]1C[C@@](C)(Cl)[C@H](c2ccccc2)OC1(C)C. The van der Waals surface area contributed by atoms with Crippen molar-refractivity contribution in [2.45, 2.75) is 50.7 Å². The third kappa shape index (κ3) is 3.41. The van der Waals surface area contributed by atoms with Crippen LogP contribution in [0.25, 0.3) is 0 Å². The van der Waals surface area contributed by atoms with Gasteiger partial charge >= 0.3 is 5.97 Å². The molecule has 1 aliphatic rings. The second kappa shape index (κ2) is 5.98. The van der Waals surface area contributed by atoms with Gasteiger partial charge in [0.2, 0.25) is 0 Å². The molecule has 21 heavy (non-hydrogen) atoms. The van der Waals surface area contributed by atoms with Crippen molar-refractivity contribution in [3.05, 3.63) is 35.9 Å². The van der Waals surface area contributed by atoms with Gasteiger partial charge in [0.05, 0.1) is 23.0 Å². The van der Waals surface area contributed by atoms with Crippen LogP contribution in [-0.2, 0) is 14.3 Å². The van der Waals surface area contributed by atoms with Gasteiger partial charge in [-0.1, -0.05) is 30.3 Å². The first kappa shape index (κ1) is 16.3. The Morgan fingerprint density at radius 3 is 2.52 bits per heavy atom. The predicted molar refractivity (Wildman–Crippen MR) is 83.3 cm³/mol. The van der Waals surface area contributed by atoms with Gasteiger partial charge in [-0.15, -0.1) is 11.6 Å². The Morgan fingerprint density at radius 1 is 1.33 bits per heavy atom. The number of benzene rings is 1. The first-order valence-corrected chi connectivity index (χ1v) is 7.74. The fourth-order valence-electron chi connectivity index (χ4n) is 2.91. The first-order valence-electron chi connectivity index (χ1n) is 7.36. The van der Waals surface area contributed by atoms with E-state index >= 15 is 0 Å². The highest BCUT2D eigenvalue weighted by atomic mass is 35.5. The average molecular weight is 311 g/mol. The van der Waals surface area contributed by atoms with E-state index in [4.69, 9.17) is 21.1 Å². The normalized spacial score (nSPS) is 31.7. The summed E-state index contributed by atoms with van der Waals surface area (Å²) in [6.45, 7) is 7.95. The molecule has 1 fully saturated rings. The summed E-state index contributed by atoms with van der Waals surface area (Å²) in [5, 5.41) is 0. The molecule has 1 saturated heterocycles. The van der Waals surface area contributed by atoms with Crippen molar-refractivity contribution < 1.29 is 14.3 Å². The van der Waals surface area contributed by atoms with Gasteiger partial charge in [0.15, 0.2) is 0 Å². The first-order chi connectivity index (χ1) is 9.78. The molecular weight excluding hydrogens is 288 g/mol. The third-order valence-electron chi connectivity index (χ3n) is 4.08. The van der Waals surface area contributed by atoms with Crippen LogP contribution in [0.2, 0.25) is 0 Å². The Balaban J connectivity index is 2.29. The quantitative estimate of drug-likeness (QED) is 0.623. The van der Waals surface area contributed by atoms with Crippen molar-refractivity contribution in [2.24, 2.45) is 5.92 Å². The predicted octanol–water partition coefficient (Wildman–Crippen LogP) is 4.10. The van der Waals surface area contributed by atoms with Crippen LogP contribution in [-0.4, -0.2) is 23.1 Å². The van der Waals surface area contributed by atoms with Crippen molar-refractivity contribution in [3.8, 4) is 0 Å². The summed E-state index contributed by atoms with van der Waals surface area (Å²) >= 11 is 6.71. The van der Waals surface area contributed by atoms with Crippen LogP contribution in [0.3, 0.4) is 0 Å². The minimum atomic E-state index is -0.645. The van der Waals surface area contributed by atoms with Gasteiger partial charge in [-0.25, -0.2) is 0 Å². The molecule has 1 aliphatic heterocycles. The number of rotatable bonds is 3. The maximum atomic E-state index is 12.2. The van der Waals surface area contributed by atoms with Crippen molar-refractivity contribution in [1.29, 1.82) is 0 Å². The number of halogens is 1. The van der Waals surface area contributed by atoms with E-state index in [1.54, 1.807) is 6.92 Å². The summed E-state index contributed by atoms with van der Waals surface area (Å²) in [6.07, 6.45) is 0.279. The van der Waals surface area contributed by atoms with E-state index in [0.717, 1.165) is 5.56 Å². The highest BCUT2D eigenvalue weighted by Gasteiger charge is 2.52. The highest BCUT2D eigenvalue weighted by molar-refractivity contribution is 6.24. The van der Waals surface area contributed by atoms with E-state index in [2.05, 4.69) is 0 Å². The Bertz CT molecular complexity index is 496. The second-order valence-electron chi connectivity index (χ2n) is 6.30. The monoisotopic (exact) mass is 310 g/mol. The van der Waals surface area contributed by atoms with E-state index in [1.165, 1.54) is 0 Å². The molecule has 3 atom stereocenters. The van der Waals surface area contributed by atoms with Crippen molar-refractivity contribution >= 4 is 17.6 Å². The molecule has 1 heterocycles. The summed E-state index contributed by atoms with van der Waals surface area (Å²) in [7, 11) is 0. The number of carbonyl (C=O) groups excluding carboxylic acids is 1. The lowest BCUT2D eigenvalue weighted by Gasteiger charge is -2.48. The van der Waals surface area contributed by atoms with Crippen LogP contribution in [0.1, 0.15) is 45.8 Å². The summed E-state index contributed by atoms with van der Waals surface area (Å²) in [5.74, 6) is -0.596. The molecule has 4 heteroatoms. The van der Waals surface area contributed by atoms with Crippen LogP contribution < -0.4 is 0 Å². The van der Waals surface area contributed by atoms with Crippen molar-refractivity contribution in [3.63, 3.8) is 0 Å². The van der Waals surface area contributed by atoms with Crippen LogP contribution >= 0.6 is 11.6 Å². The molecule has 0 amide bonds. The minimum absolute atomic E-state index is 0.235. The molecule has 3 nitrogen and oxygen atoms in total. The molecule has 0 saturated carbocycles. The number of hydrogen-bond acceptors (Lipinski definition) is 3. The van der Waals surface area contributed by atoms with Crippen molar-refractivity contribution in [2.75, 3.05) is 6.61 Å². The molecular formula is C17H23ClO3. The van der Waals surface area contributed by atoms with E-state index in [-0.39, 0.29) is 18.0 Å². The van der Waals surface area contributed by atoms with Crippen LogP contribution in [0, 0.1) is 5.92 Å². The summed E-state index contributed by atoms with van der Waals surface area (Å²) in [4.78, 5) is 11.5. The topological polar surface area (TPSA) is 35.5 Å². The van der Waals surface area contributed by atoms with Gasteiger partial charge in [-0.2, -0.15) is 0 Å². The number of carbonyl (C=O) groups is 1. The van der Waals surface area contributed by atoms with E-state index < -0.39 is 10.5 Å². The third-order valence-corrected chi connectivity index (χ3v) is 4.44. The maximum Gasteiger partial charge on any atom is 0.311 e. The molecule has 1 aromatic rings. The second-order valence-corrected chi connectivity index (χ2v) is 7.16. The van der Waals surface area contributed by atoms with Gasteiger partial charge in [-0.3, -0.25) is 4.79 Å². The lowest BCUT2D eigenvalue weighted by atomic mass is 9.76. The molecule has 0 aromatic heterocycles. The molecule has 0 aliphatic carbocycles. The fraction of sp³-hybridized carbons (Fsp3) is 0.588. The molecule has 0 unspecified atom stereocenters. The zero-order valence-electron chi connectivity index (χ0n) is 13.1. The standard InChI is InChI=1S/C17H23ClO3/c1-5-20-15(19)13-11-17(4,18)14(21-16(13,2)3)12-9-7-6-8-10-12/h6-10,13-14H,5,11H2,1-4H3/t13-,14+,17-/m1/s1. The summed E-state index contributed by atoms with van der Waals surface area (Å²) in [6, 6.07) is 9.91. The zero-order valence-corrected chi connectivity index (χ0v) is 13.8. The van der Waals surface area contributed by atoms with Crippen LogP contribution in [0.15, 0.2) is 30.3 Å². The van der Waals surface area contributed by atoms with Crippen LogP contribution in [0.4, 0.5) is 0 Å². The fourth-order valence-corrected chi connectivity index (χ4v) is 3.24. The lowest BCUT2D eigenvalue weighted by molar-refractivity contribution is -0.187. The smallest absolute Gasteiger partial charge is 0.311 e. The molecule has 116 valence electrons. The van der Waals surface area contributed by atoms with Gasteiger partial charge in [0.1, 0.15) is 6.10 Å². The maximum absolute atomic E-state index is 12.2. The number of ether oxygens (including phenoxy) is 2. The lowest BCUT2D eigenvalue weighted by Crippen LogP contribution is -2.52. The minimum Gasteiger partial charge on any atom is -0.466 e. The molecule has 2 rings (SSSR count). The van der Waals surface area contributed by atoms with Crippen molar-refractivity contribution in [1.82, 2.24) is 0 Å².